The van der Waals surface area contributed by atoms with Gasteiger partial charge in [0, 0.05) is 41.7 Å². The van der Waals surface area contributed by atoms with Crippen molar-refractivity contribution >= 4 is 43.3 Å². The number of nitriles is 1. The highest BCUT2D eigenvalue weighted by Gasteiger charge is 2.37. The molecule has 0 aliphatic carbocycles. The number of pyridine rings is 1. The summed E-state index contributed by atoms with van der Waals surface area (Å²) in [5.41, 5.74) is 7.68. The Kier molecular flexibility index (Phi) is 5.92. The van der Waals surface area contributed by atoms with Gasteiger partial charge in [0.2, 0.25) is 5.95 Å². The van der Waals surface area contributed by atoms with Crippen LogP contribution in [0.4, 0.5) is 19.7 Å². The minimum atomic E-state index is -0.655. The normalized spacial score (nSPS) is 19.3. The third-order valence-corrected chi connectivity index (χ3v) is 8.64. The highest BCUT2D eigenvalue weighted by atomic mass is 32.1. The van der Waals surface area contributed by atoms with E-state index in [2.05, 4.69) is 33.7 Å². The molecule has 0 amide bonds. The van der Waals surface area contributed by atoms with Crippen LogP contribution in [-0.2, 0) is 18.0 Å². The number of fused-ring (bicyclic) bond motifs is 4. The largest absolute Gasteiger partial charge is 0.390 e. The van der Waals surface area contributed by atoms with E-state index < -0.39 is 17.7 Å². The van der Waals surface area contributed by atoms with Crippen molar-refractivity contribution in [2.75, 3.05) is 30.8 Å². The number of nitrogens with zero attached hydrogens (tertiary/aromatic N) is 6. The van der Waals surface area contributed by atoms with Crippen molar-refractivity contribution in [2.45, 2.75) is 45.2 Å². The van der Waals surface area contributed by atoms with Crippen molar-refractivity contribution in [1.29, 1.82) is 5.26 Å². The van der Waals surface area contributed by atoms with Crippen LogP contribution in [0.3, 0.4) is 0 Å². The van der Waals surface area contributed by atoms with Gasteiger partial charge in [0.1, 0.15) is 16.6 Å². The fourth-order valence-electron chi connectivity index (χ4n) is 5.41. The molecule has 5 heterocycles. The highest BCUT2D eigenvalue weighted by Crippen LogP contribution is 2.45. The monoisotopic (exact) mass is 537 g/mol. The van der Waals surface area contributed by atoms with Crippen molar-refractivity contribution in [2.24, 2.45) is 0 Å². The molecule has 3 N–H and O–H groups in total. The summed E-state index contributed by atoms with van der Waals surface area (Å²) in [6.45, 7) is 5.27. The fraction of sp³-hybridized carbons (Fsp3) is 0.385. The van der Waals surface area contributed by atoms with Gasteiger partial charge in [-0.25, -0.2) is 18.7 Å². The summed E-state index contributed by atoms with van der Waals surface area (Å²) in [6, 6.07) is 2.13. The number of thiophene rings is 1. The Morgan fingerprint density at radius 2 is 2.00 bits per heavy atom. The van der Waals surface area contributed by atoms with E-state index in [0.29, 0.717) is 30.0 Å². The van der Waals surface area contributed by atoms with Crippen LogP contribution in [-0.4, -0.2) is 63.3 Å². The summed E-state index contributed by atoms with van der Waals surface area (Å²) >= 11 is 0.932. The molecule has 0 spiro atoms. The van der Waals surface area contributed by atoms with Gasteiger partial charge in [-0.3, -0.25) is 9.88 Å². The molecule has 1 saturated heterocycles. The van der Waals surface area contributed by atoms with Crippen LogP contribution in [0.25, 0.3) is 32.2 Å². The molecule has 1 aromatic carbocycles. The first-order valence-corrected chi connectivity index (χ1v) is 13.0. The third kappa shape index (κ3) is 3.61. The lowest BCUT2D eigenvalue weighted by atomic mass is 9.94. The quantitative estimate of drug-likeness (QED) is 0.402. The number of halogens is 2. The molecule has 3 aromatic heterocycles. The lowest BCUT2D eigenvalue weighted by Crippen LogP contribution is -2.44. The van der Waals surface area contributed by atoms with Crippen molar-refractivity contribution < 1.29 is 18.6 Å². The second kappa shape index (κ2) is 9.06. The molecule has 6 rings (SSSR count). The van der Waals surface area contributed by atoms with Gasteiger partial charge in [-0.05, 0) is 32.0 Å². The van der Waals surface area contributed by atoms with E-state index in [1.807, 2.05) is 18.0 Å². The Bertz CT molecular complexity index is 1650. The van der Waals surface area contributed by atoms with Crippen LogP contribution in [0.15, 0.2) is 12.4 Å². The first-order valence-electron chi connectivity index (χ1n) is 12.2. The standard InChI is InChI=1S/C26H25F2N7O2S/c1-11(2)34(3)17-7-35(8-18(17)36)26-32-5-13-14-9-37-10-15(14)19(21(28)22(13)33-26)23-20-12(4-29)25(30)38-24(20)16(27)6-31-23/h5-6,11,17-18,36H,7-10,30H2,1-3H3. The zero-order valence-corrected chi connectivity index (χ0v) is 21.8. The van der Waals surface area contributed by atoms with Gasteiger partial charge in [-0.2, -0.15) is 5.26 Å². The first-order chi connectivity index (χ1) is 18.2. The Morgan fingerprint density at radius 3 is 2.74 bits per heavy atom. The van der Waals surface area contributed by atoms with Crippen LogP contribution in [0.5, 0.6) is 0 Å². The number of likely N-dealkylation sites (N-methyl/N-ethyl adjacent to an activating group) is 1. The summed E-state index contributed by atoms with van der Waals surface area (Å²) in [5.74, 6) is -0.985. The van der Waals surface area contributed by atoms with E-state index in [1.54, 1.807) is 6.20 Å². The average molecular weight is 538 g/mol. The number of benzene rings is 1. The smallest absolute Gasteiger partial charge is 0.226 e. The van der Waals surface area contributed by atoms with Crippen LogP contribution >= 0.6 is 11.3 Å². The number of rotatable bonds is 4. The fourth-order valence-corrected chi connectivity index (χ4v) is 6.33. The Morgan fingerprint density at radius 1 is 1.24 bits per heavy atom. The SMILES string of the molecule is CC(C)N(C)C1CN(c2ncc3c4c(c(-c5ncc(F)c6sc(N)c(C#N)c56)c(F)c3n2)COC4)CC1O. The van der Waals surface area contributed by atoms with Crippen LogP contribution < -0.4 is 10.6 Å². The lowest BCUT2D eigenvalue weighted by Gasteiger charge is -2.29. The maximum atomic E-state index is 16.5. The maximum absolute atomic E-state index is 16.5. The lowest BCUT2D eigenvalue weighted by molar-refractivity contribution is 0.0823. The van der Waals surface area contributed by atoms with Gasteiger partial charge >= 0.3 is 0 Å². The molecule has 2 aliphatic rings. The average Bonchev–Trinajstić information content (AvgIpc) is 3.61. The molecule has 196 valence electrons. The Hall–Kier alpha value is -3.50. The second-order valence-corrected chi connectivity index (χ2v) is 11.0. The molecule has 12 heteroatoms. The molecule has 2 atom stereocenters. The number of ether oxygens (including phenoxy) is 1. The summed E-state index contributed by atoms with van der Waals surface area (Å²) in [4.78, 5) is 17.3. The summed E-state index contributed by atoms with van der Waals surface area (Å²) in [5, 5.41) is 21.3. The molecule has 0 saturated carbocycles. The summed E-state index contributed by atoms with van der Waals surface area (Å²) in [6.07, 6.45) is 1.99. The number of aromatic nitrogens is 3. The van der Waals surface area contributed by atoms with Gasteiger partial charge in [0.05, 0.1) is 47.5 Å². The van der Waals surface area contributed by atoms with E-state index in [-0.39, 0.29) is 62.7 Å². The third-order valence-electron chi connectivity index (χ3n) is 7.61. The van der Waals surface area contributed by atoms with Gasteiger partial charge in [-0.1, -0.05) is 0 Å². The molecular formula is C26H25F2N7O2S. The predicted molar refractivity (Wildman–Crippen MR) is 141 cm³/mol. The topological polar surface area (TPSA) is 124 Å². The number of nitrogens with two attached hydrogens (primary N) is 1. The summed E-state index contributed by atoms with van der Waals surface area (Å²) in [7, 11) is 1.96. The minimum absolute atomic E-state index is 0.0638. The Balaban J connectivity index is 1.54. The number of hydrogen-bond donors (Lipinski definition) is 2. The first kappa shape index (κ1) is 24.8. The van der Waals surface area contributed by atoms with E-state index in [9.17, 15) is 14.8 Å². The predicted octanol–water partition coefficient (Wildman–Crippen LogP) is 3.56. The van der Waals surface area contributed by atoms with E-state index in [1.165, 1.54) is 0 Å². The number of hydrogen-bond acceptors (Lipinski definition) is 10. The number of nitrogen functional groups attached to an aromatic ring is 1. The molecule has 2 aliphatic heterocycles. The number of anilines is 2. The zero-order valence-electron chi connectivity index (χ0n) is 21.0. The van der Waals surface area contributed by atoms with Gasteiger partial charge in [0.15, 0.2) is 11.6 Å². The second-order valence-electron chi connectivity index (χ2n) is 9.98. The minimum Gasteiger partial charge on any atom is -0.390 e. The summed E-state index contributed by atoms with van der Waals surface area (Å²) < 4.78 is 36.9. The van der Waals surface area contributed by atoms with E-state index in [0.717, 1.165) is 23.1 Å². The van der Waals surface area contributed by atoms with Crippen molar-refractivity contribution in [3.63, 3.8) is 0 Å². The molecule has 4 aromatic rings. The van der Waals surface area contributed by atoms with Gasteiger partial charge < -0.3 is 20.5 Å². The molecule has 9 nitrogen and oxygen atoms in total. The highest BCUT2D eigenvalue weighted by molar-refractivity contribution is 7.23. The van der Waals surface area contributed by atoms with Crippen molar-refractivity contribution in [1.82, 2.24) is 19.9 Å². The molecular weight excluding hydrogens is 512 g/mol. The zero-order chi connectivity index (χ0) is 26.9. The number of β-amino-alcohol motifs (C(OH)–C–C–N with tert-alkyl or cyclic N) is 1. The number of aliphatic hydroxyl groups is 1. The van der Waals surface area contributed by atoms with E-state index >= 15 is 4.39 Å². The van der Waals surface area contributed by atoms with Crippen LogP contribution in [0, 0.1) is 23.0 Å². The van der Waals surface area contributed by atoms with Gasteiger partial charge in [0.25, 0.3) is 0 Å². The maximum Gasteiger partial charge on any atom is 0.226 e. The number of aliphatic hydroxyl groups excluding tert-OH is 1. The van der Waals surface area contributed by atoms with Crippen LogP contribution in [0.1, 0.15) is 30.5 Å². The molecule has 0 bridgehead atoms. The van der Waals surface area contributed by atoms with Crippen molar-refractivity contribution in [3.05, 3.63) is 40.7 Å². The van der Waals surface area contributed by atoms with Gasteiger partial charge in [-0.15, -0.1) is 11.3 Å². The molecule has 38 heavy (non-hydrogen) atoms. The Labute approximate surface area is 221 Å². The van der Waals surface area contributed by atoms with E-state index in [4.69, 9.17) is 10.5 Å². The van der Waals surface area contributed by atoms with Crippen LogP contribution in [0.2, 0.25) is 0 Å². The molecule has 1 fully saturated rings. The molecule has 2 unspecified atom stereocenters. The molecule has 0 radical (unpaired) electrons. The van der Waals surface area contributed by atoms with Crippen molar-refractivity contribution in [3.8, 4) is 17.3 Å².